The highest BCUT2D eigenvalue weighted by atomic mass is 16.5. The van der Waals surface area contributed by atoms with Crippen LogP contribution < -0.4 is 4.90 Å². The Morgan fingerprint density at radius 2 is 1.96 bits per heavy atom. The number of rotatable bonds is 2. The minimum atomic E-state index is -0.0344. The third-order valence-electron chi connectivity index (χ3n) is 5.33. The van der Waals surface area contributed by atoms with Crippen molar-refractivity contribution in [3.05, 3.63) is 54.6 Å². The van der Waals surface area contributed by atoms with E-state index in [1.165, 1.54) is 0 Å². The highest BCUT2D eigenvalue weighted by Crippen LogP contribution is 2.35. The molecule has 26 heavy (non-hydrogen) atoms. The van der Waals surface area contributed by atoms with Gasteiger partial charge >= 0.3 is 0 Å². The van der Waals surface area contributed by atoms with Crippen molar-refractivity contribution in [2.75, 3.05) is 44.3 Å². The number of hydrogen-bond acceptors (Lipinski definition) is 5. The zero-order chi connectivity index (χ0) is 17.8. The zero-order valence-electron chi connectivity index (χ0n) is 14.9. The van der Waals surface area contributed by atoms with E-state index < -0.39 is 0 Å². The molecule has 2 fully saturated rings. The number of anilines is 1. The maximum Gasteiger partial charge on any atom is 0.253 e. The Balaban J connectivity index is 1.53. The molecular weight excluding hydrogens is 328 g/mol. The van der Waals surface area contributed by atoms with Crippen LogP contribution in [0.4, 0.5) is 5.69 Å². The molecule has 136 valence electrons. The molecule has 0 aliphatic carbocycles. The van der Waals surface area contributed by atoms with E-state index in [1.54, 1.807) is 30.7 Å². The van der Waals surface area contributed by atoms with Gasteiger partial charge < -0.3 is 14.5 Å². The molecular formula is C20H24N4O2. The first-order chi connectivity index (χ1) is 12.8. The molecule has 0 saturated carbocycles. The van der Waals surface area contributed by atoms with E-state index in [2.05, 4.69) is 20.9 Å². The number of aromatic nitrogens is 2. The van der Waals surface area contributed by atoms with Gasteiger partial charge in [-0.15, -0.1) is 0 Å². The van der Waals surface area contributed by atoms with Crippen LogP contribution >= 0.6 is 0 Å². The molecule has 0 bridgehead atoms. The molecule has 1 spiro atoms. The SMILES string of the molecule is O=C(c1ccncc1)N1CCC[C@@]2(COCCN(c3cccnc3)C2)C1. The molecule has 0 unspecified atom stereocenters. The van der Waals surface area contributed by atoms with E-state index in [9.17, 15) is 4.79 Å². The molecule has 2 aliphatic heterocycles. The summed E-state index contributed by atoms with van der Waals surface area (Å²) in [5, 5.41) is 0. The smallest absolute Gasteiger partial charge is 0.253 e. The highest BCUT2D eigenvalue weighted by Gasteiger charge is 2.40. The molecule has 4 rings (SSSR count). The number of carbonyl (C=O) groups is 1. The van der Waals surface area contributed by atoms with Crippen molar-refractivity contribution in [3.63, 3.8) is 0 Å². The third-order valence-corrected chi connectivity index (χ3v) is 5.33. The van der Waals surface area contributed by atoms with Crippen LogP contribution in [0.15, 0.2) is 49.1 Å². The van der Waals surface area contributed by atoms with Gasteiger partial charge in [0.25, 0.3) is 5.91 Å². The van der Waals surface area contributed by atoms with Crippen molar-refractivity contribution in [2.24, 2.45) is 5.41 Å². The van der Waals surface area contributed by atoms with Gasteiger partial charge in [-0.1, -0.05) is 0 Å². The van der Waals surface area contributed by atoms with Gasteiger partial charge in [0.15, 0.2) is 0 Å². The quantitative estimate of drug-likeness (QED) is 0.830. The lowest BCUT2D eigenvalue weighted by molar-refractivity contribution is 0.0135. The monoisotopic (exact) mass is 352 g/mol. The van der Waals surface area contributed by atoms with E-state index in [0.29, 0.717) is 18.8 Å². The first-order valence-electron chi connectivity index (χ1n) is 9.18. The van der Waals surface area contributed by atoms with Gasteiger partial charge in [0.2, 0.25) is 0 Å². The molecule has 1 amide bonds. The van der Waals surface area contributed by atoms with Gasteiger partial charge in [0.1, 0.15) is 0 Å². The van der Waals surface area contributed by atoms with Gasteiger partial charge in [-0.25, -0.2) is 0 Å². The molecule has 0 radical (unpaired) electrons. The Morgan fingerprint density at radius 1 is 1.08 bits per heavy atom. The number of pyridine rings is 2. The van der Waals surface area contributed by atoms with Crippen molar-refractivity contribution < 1.29 is 9.53 Å². The third kappa shape index (κ3) is 3.55. The summed E-state index contributed by atoms with van der Waals surface area (Å²) in [4.78, 5) is 25.5. The normalized spacial score (nSPS) is 23.7. The van der Waals surface area contributed by atoms with E-state index in [0.717, 1.165) is 44.7 Å². The fraction of sp³-hybridized carbons (Fsp3) is 0.450. The molecule has 2 aromatic rings. The van der Waals surface area contributed by atoms with Crippen LogP contribution in [0.5, 0.6) is 0 Å². The topological polar surface area (TPSA) is 58.6 Å². The summed E-state index contributed by atoms with van der Waals surface area (Å²) < 4.78 is 5.96. The second kappa shape index (κ2) is 7.41. The Bertz CT molecular complexity index is 740. The van der Waals surface area contributed by atoms with Crippen molar-refractivity contribution >= 4 is 11.6 Å². The Hall–Kier alpha value is -2.47. The van der Waals surface area contributed by atoms with Crippen LogP contribution in [0.2, 0.25) is 0 Å². The lowest BCUT2D eigenvalue weighted by Gasteiger charge is -2.44. The molecule has 4 heterocycles. The summed E-state index contributed by atoms with van der Waals surface area (Å²) in [5.41, 5.74) is 1.79. The minimum Gasteiger partial charge on any atom is -0.379 e. The summed E-state index contributed by atoms with van der Waals surface area (Å²) in [7, 11) is 0. The van der Waals surface area contributed by atoms with Crippen LogP contribution in [0.1, 0.15) is 23.2 Å². The average molecular weight is 352 g/mol. The molecule has 1 atom stereocenters. The first kappa shape index (κ1) is 17.0. The van der Waals surface area contributed by atoms with Gasteiger partial charge in [0, 0.05) is 55.7 Å². The van der Waals surface area contributed by atoms with Gasteiger partial charge in [-0.3, -0.25) is 14.8 Å². The Kier molecular flexibility index (Phi) is 4.84. The van der Waals surface area contributed by atoms with Crippen LogP contribution in [0.3, 0.4) is 0 Å². The average Bonchev–Trinajstić information content (AvgIpc) is 2.91. The lowest BCUT2D eigenvalue weighted by atomic mass is 9.79. The molecule has 2 saturated heterocycles. The maximum absolute atomic E-state index is 12.9. The molecule has 0 N–H and O–H groups in total. The van der Waals surface area contributed by atoms with E-state index in [4.69, 9.17) is 4.74 Å². The van der Waals surface area contributed by atoms with E-state index in [-0.39, 0.29) is 11.3 Å². The Labute approximate surface area is 153 Å². The largest absolute Gasteiger partial charge is 0.379 e. The molecule has 6 nitrogen and oxygen atoms in total. The summed E-state index contributed by atoms with van der Waals surface area (Å²) in [6.45, 7) is 4.67. The second-order valence-electron chi connectivity index (χ2n) is 7.25. The second-order valence-corrected chi connectivity index (χ2v) is 7.25. The standard InChI is InChI=1S/C20H24N4O2/c25-19(17-4-8-21-9-5-17)24-10-2-6-20(15-24)14-23(11-12-26-16-20)18-3-1-7-22-13-18/h1,3-5,7-9,13H,2,6,10-12,14-16H2/t20-/m0/s1. The number of carbonyl (C=O) groups excluding carboxylic acids is 1. The minimum absolute atomic E-state index is 0.0344. The number of nitrogens with zero attached hydrogens (tertiary/aromatic N) is 4. The predicted molar refractivity (Wildman–Crippen MR) is 99.1 cm³/mol. The maximum atomic E-state index is 12.9. The van der Waals surface area contributed by atoms with Crippen LogP contribution in [0, 0.1) is 5.41 Å². The molecule has 6 heteroatoms. The van der Waals surface area contributed by atoms with Gasteiger partial charge in [0.05, 0.1) is 25.1 Å². The number of likely N-dealkylation sites (tertiary alicyclic amines) is 1. The van der Waals surface area contributed by atoms with Crippen LogP contribution in [-0.4, -0.2) is 60.2 Å². The van der Waals surface area contributed by atoms with Crippen molar-refractivity contribution in [1.82, 2.24) is 14.9 Å². The summed E-state index contributed by atoms with van der Waals surface area (Å²) in [5.74, 6) is 0.0867. The lowest BCUT2D eigenvalue weighted by Crippen LogP contribution is -2.52. The van der Waals surface area contributed by atoms with Crippen molar-refractivity contribution in [3.8, 4) is 0 Å². The Morgan fingerprint density at radius 3 is 2.77 bits per heavy atom. The zero-order valence-corrected chi connectivity index (χ0v) is 14.9. The van der Waals surface area contributed by atoms with E-state index >= 15 is 0 Å². The van der Waals surface area contributed by atoms with Gasteiger partial charge in [-0.2, -0.15) is 0 Å². The first-order valence-corrected chi connectivity index (χ1v) is 9.18. The fourth-order valence-electron chi connectivity index (χ4n) is 4.06. The van der Waals surface area contributed by atoms with Crippen LogP contribution in [-0.2, 0) is 4.74 Å². The number of hydrogen-bond donors (Lipinski definition) is 0. The highest BCUT2D eigenvalue weighted by molar-refractivity contribution is 5.94. The number of amides is 1. The number of piperidine rings is 1. The summed E-state index contributed by atoms with van der Waals surface area (Å²) >= 11 is 0. The molecule has 0 aromatic carbocycles. The predicted octanol–water partition coefficient (Wildman–Crippen LogP) is 2.24. The van der Waals surface area contributed by atoms with E-state index in [1.807, 2.05) is 17.2 Å². The summed E-state index contributed by atoms with van der Waals surface area (Å²) in [6.07, 6.45) is 9.12. The fourth-order valence-corrected chi connectivity index (χ4v) is 4.06. The number of ether oxygens (including phenoxy) is 1. The van der Waals surface area contributed by atoms with Gasteiger partial charge in [-0.05, 0) is 37.1 Å². The van der Waals surface area contributed by atoms with Crippen molar-refractivity contribution in [2.45, 2.75) is 12.8 Å². The van der Waals surface area contributed by atoms with Crippen molar-refractivity contribution in [1.29, 1.82) is 0 Å². The summed E-state index contributed by atoms with van der Waals surface area (Å²) in [6, 6.07) is 7.63. The molecule has 2 aliphatic rings. The molecule has 2 aromatic heterocycles. The van der Waals surface area contributed by atoms with Crippen LogP contribution in [0.25, 0.3) is 0 Å².